The Balaban J connectivity index is 4.13. The molecule has 2 amide bonds. The SMILES string of the molecule is CCCC(CC(=O)O)NC(=O)N(C)CCCC(=O)OC. The molecule has 0 fully saturated rings. The Labute approximate surface area is 119 Å². The molecule has 0 radical (unpaired) electrons. The Morgan fingerprint density at radius 2 is 2.00 bits per heavy atom. The van der Waals surface area contributed by atoms with Gasteiger partial charge in [-0.1, -0.05) is 13.3 Å². The largest absolute Gasteiger partial charge is 0.481 e. The molecule has 1 unspecified atom stereocenters. The molecule has 0 aliphatic heterocycles. The number of aliphatic carboxylic acids is 1. The predicted octanol–water partition coefficient (Wildman–Crippen LogP) is 1.22. The summed E-state index contributed by atoms with van der Waals surface area (Å²) in [6.07, 6.45) is 2.09. The molecule has 7 nitrogen and oxygen atoms in total. The minimum absolute atomic E-state index is 0.0877. The van der Waals surface area contributed by atoms with Crippen molar-refractivity contribution in [3.8, 4) is 0 Å². The summed E-state index contributed by atoms with van der Waals surface area (Å²) in [7, 11) is 2.93. The molecule has 0 aliphatic rings. The summed E-state index contributed by atoms with van der Waals surface area (Å²) in [5, 5.41) is 11.5. The third-order valence-electron chi connectivity index (χ3n) is 2.83. The second-order valence-electron chi connectivity index (χ2n) is 4.63. The number of carboxylic acid groups (broad SMARTS) is 1. The maximum absolute atomic E-state index is 11.9. The van der Waals surface area contributed by atoms with Crippen LogP contribution in [0.25, 0.3) is 0 Å². The van der Waals surface area contributed by atoms with Crippen LogP contribution in [0, 0.1) is 0 Å². The van der Waals surface area contributed by atoms with Crippen molar-refractivity contribution in [1.29, 1.82) is 0 Å². The Hall–Kier alpha value is -1.79. The molecule has 0 spiro atoms. The highest BCUT2D eigenvalue weighted by Gasteiger charge is 2.17. The molecule has 0 saturated heterocycles. The molecule has 0 aliphatic carbocycles. The number of nitrogens with zero attached hydrogens (tertiary/aromatic N) is 1. The van der Waals surface area contributed by atoms with E-state index < -0.39 is 5.97 Å². The van der Waals surface area contributed by atoms with Crippen LogP contribution in [0.5, 0.6) is 0 Å². The smallest absolute Gasteiger partial charge is 0.317 e. The van der Waals surface area contributed by atoms with Crippen LogP contribution in [0.3, 0.4) is 0 Å². The highest BCUT2D eigenvalue weighted by Crippen LogP contribution is 2.03. The van der Waals surface area contributed by atoms with Crippen molar-refractivity contribution in [2.24, 2.45) is 0 Å². The molecule has 0 aromatic rings. The van der Waals surface area contributed by atoms with Gasteiger partial charge in [0, 0.05) is 26.1 Å². The van der Waals surface area contributed by atoms with Crippen LogP contribution < -0.4 is 5.32 Å². The minimum Gasteiger partial charge on any atom is -0.481 e. The molecular formula is C13H24N2O5. The highest BCUT2D eigenvalue weighted by atomic mass is 16.5. The number of carbonyl (C=O) groups is 3. The van der Waals surface area contributed by atoms with Crippen LogP contribution in [0.2, 0.25) is 0 Å². The van der Waals surface area contributed by atoms with Crippen LogP contribution >= 0.6 is 0 Å². The summed E-state index contributed by atoms with van der Waals surface area (Å²) < 4.78 is 4.51. The van der Waals surface area contributed by atoms with E-state index in [0.717, 1.165) is 6.42 Å². The zero-order valence-electron chi connectivity index (χ0n) is 12.3. The quantitative estimate of drug-likeness (QED) is 0.622. The van der Waals surface area contributed by atoms with E-state index in [2.05, 4.69) is 10.1 Å². The monoisotopic (exact) mass is 288 g/mol. The molecule has 0 aromatic carbocycles. The third kappa shape index (κ3) is 8.34. The van der Waals surface area contributed by atoms with E-state index in [1.165, 1.54) is 12.0 Å². The topological polar surface area (TPSA) is 95.9 Å². The lowest BCUT2D eigenvalue weighted by molar-refractivity contribution is -0.141. The minimum atomic E-state index is -0.933. The number of carbonyl (C=O) groups excluding carboxylic acids is 2. The highest BCUT2D eigenvalue weighted by molar-refractivity contribution is 5.75. The van der Waals surface area contributed by atoms with E-state index in [9.17, 15) is 14.4 Å². The fourth-order valence-corrected chi connectivity index (χ4v) is 1.73. The van der Waals surface area contributed by atoms with Gasteiger partial charge in [0.05, 0.1) is 13.5 Å². The van der Waals surface area contributed by atoms with Gasteiger partial charge in [0.25, 0.3) is 0 Å². The van der Waals surface area contributed by atoms with Gasteiger partial charge in [-0.05, 0) is 12.8 Å². The average Bonchev–Trinajstić information content (AvgIpc) is 2.37. The lowest BCUT2D eigenvalue weighted by Crippen LogP contribution is -2.44. The van der Waals surface area contributed by atoms with Crippen LogP contribution in [0.1, 0.15) is 39.0 Å². The van der Waals surface area contributed by atoms with Gasteiger partial charge in [-0.2, -0.15) is 0 Å². The Morgan fingerprint density at radius 3 is 2.50 bits per heavy atom. The summed E-state index contributed by atoms with van der Waals surface area (Å²) in [6.45, 7) is 2.34. The second kappa shape index (κ2) is 10.1. The van der Waals surface area contributed by atoms with Crippen molar-refractivity contribution in [2.45, 2.75) is 45.1 Å². The zero-order chi connectivity index (χ0) is 15.5. The molecule has 2 N–H and O–H groups in total. The Kier molecular flexibility index (Phi) is 9.15. The number of ether oxygens (including phenoxy) is 1. The molecule has 0 saturated carbocycles. The van der Waals surface area contributed by atoms with Gasteiger partial charge in [-0.3, -0.25) is 9.59 Å². The van der Waals surface area contributed by atoms with Crippen LogP contribution in [-0.4, -0.2) is 54.7 Å². The summed E-state index contributed by atoms with van der Waals surface area (Å²) in [5.41, 5.74) is 0. The van der Waals surface area contributed by atoms with Crippen LogP contribution in [-0.2, 0) is 14.3 Å². The average molecular weight is 288 g/mol. The lowest BCUT2D eigenvalue weighted by Gasteiger charge is -2.22. The summed E-state index contributed by atoms with van der Waals surface area (Å²) in [5.74, 6) is -1.24. The number of rotatable bonds is 9. The normalized spacial score (nSPS) is 11.6. The number of esters is 1. The number of nitrogens with one attached hydrogen (secondary N) is 1. The second-order valence-corrected chi connectivity index (χ2v) is 4.63. The number of amides is 2. The van der Waals surface area contributed by atoms with Crippen LogP contribution in [0.4, 0.5) is 4.79 Å². The number of hydrogen-bond acceptors (Lipinski definition) is 4. The van der Waals surface area contributed by atoms with Crippen LogP contribution in [0.15, 0.2) is 0 Å². The molecule has 116 valence electrons. The molecule has 20 heavy (non-hydrogen) atoms. The predicted molar refractivity (Wildman–Crippen MR) is 73.4 cm³/mol. The molecule has 1 atom stereocenters. The van der Waals surface area contributed by atoms with E-state index in [-0.39, 0.29) is 30.9 Å². The van der Waals surface area contributed by atoms with Gasteiger partial charge in [0.1, 0.15) is 0 Å². The molecule has 0 heterocycles. The van der Waals surface area contributed by atoms with Gasteiger partial charge in [-0.15, -0.1) is 0 Å². The van der Waals surface area contributed by atoms with Crippen molar-refractivity contribution < 1.29 is 24.2 Å². The summed E-state index contributed by atoms with van der Waals surface area (Å²) >= 11 is 0. The lowest BCUT2D eigenvalue weighted by atomic mass is 10.1. The molecule has 0 rings (SSSR count). The number of urea groups is 1. The van der Waals surface area contributed by atoms with E-state index in [1.807, 2.05) is 6.92 Å². The van der Waals surface area contributed by atoms with Gasteiger partial charge < -0.3 is 20.1 Å². The van der Waals surface area contributed by atoms with Crippen molar-refractivity contribution in [2.75, 3.05) is 20.7 Å². The van der Waals surface area contributed by atoms with Gasteiger partial charge >= 0.3 is 18.0 Å². The molecule has 0 bridgehead atoms. The van der Waals surface area contributed by atoms with E-state index in [1.54, 1.807) is 7.05 Å². The number of methoxy groups -OCH3 is 1. The van der Waals surface area contributed by atoms with Gasteiger partial charge in [-0.25, -0.2) is 4.79 Å². The van der Waals surface area contributed by atoms with Crippen molar-refractivity contribution in [1.82, 2.24) is 10.2 Å². The maximum atomic E-state index is 11.9. The molecular weight excluding hydrogens is 264 g/mol. The van der Waals surface area contributed by atoms with Gasteiger partial charge in [0.2, 0.25) is 0 Å². The fourth-order valence-electron chi connectivity index (χ4n) is 1.73. The Bertz CT molecular complexity index is 333. The molecule has 7 heteroatoms. The number of carboxylic acids is 1. The first kappa shape index (κ1) is 18.2. The first-order chi connectivity index (χ1) is 9.40. The summed E-state index contributed by atoms with van der Waals surface area (Å²) in [4.78, 5) is 34.9. The fraction of sp³-hybridized carbons (Fsp3) is 0.769. The maximum Gasteiger partial charge on any atom is 0.317 e. The van der Waals surface area contributed by atoms with E-state index in [4.69, 9.17) is 5.11 Å². The van der Waals surface area contributed by atoms with Crippen molar-refractivity contribution >= 4 is 18.0 Å². The van der Waals surface area contributed by atoms with Crippen molar-refractivity contribution in [3.63, 3.8) is 0 Å². The molecule has 0 aromatic heterocycles. The van der Waals surface area contributed by atoms with Crippen molar-refractivity contribution in [3.05, 3.63) is 0 Å². The van der Waals surface area contributed by atoms with Gasteiger partial charge in [0.15, 0.2) is 0 Å². The standard InChI is InChI=1S/C13H24N2O5/c1-4-6-10(9-11(16)17)14-13(19)15(2)8-5-7-12(18)20-3/h10H,4-9H2,1-3H3,(H,14,19)(H,16,17). The van der Waals surface area contributed by atoms with E-state index in [0.29, 0.717) is 19.4 Å². The zero-order valence-corrected chi connectivity index (χ0v) is 12.3. The first-order valence-electron chi connectivity index (χ1n) is 6.70. The third-order valence-corrected chi connectivity index (χ3v) is 2.83. The summed E-state index contributed by atoms with van der Waals surface area (Å²) in [6, 6.07) is -0.692. The van der Waals surface area contributed by atoms with E-state index >= 15 is 0 Å². The first-order valence-corrected chi connectivity index (χ1v) is 6.70. The Morgan fingerprint density at radius 1 is 1.35 bits per heavy atom. The number of hydrogen-bond donors (Lipinski definition) is 2.